The highest BCUT2D eigenvalue weighted by Crippen LogP contribution is 2.25. The zero-order chi connectivity index (χ0) is 10.7. The van der Waals surface area contributed by atoms with Gasteiger partial charge < -0.3 is 15.8 Å². The number of hydrogen-bond acceptors (Lipinski definition) is 3. The van der Waals surface area contributed by atoms with Gasteiger partial charge in [-0.2, -0.15) is 0 Å². The average Bonchev–Trinajstić information content (AvgIpc) is 2.69. The molecule has 0 aliphatic carbocycles. The predicted molar refractivity (Wildman–Crippen MR) is 59.3 cm³/mol. The molecule has 2 rings (SSSR count). The summed E-state index contributed by atoms with van der Waals surface area (Å²) in [5, 5.41) is 11.0. The van der Waals surface area contributed by atoms with E-state index < -0.39 is 6.10 Å². The molecule has 4 N–H and O–H groups in total. The number of aliphatic hydroxyl groups is 1. The first-order valence-corrected chi connectivity index (χ1v) is 5.12. The van der Waals surface area contributed by atoms with Gasteiger partial charge in [-0.05, 0) is 25.5 Å². The first-order chi connectivity index (χ1) is 7.33. The van der Waals surface area contributed by atoms with Crippen LogP contribution in [0, 0.1) is 0 Å². The van der Waals surface area contributed by atoms with Crippen molar-refractivity contribution in [2.24, 2.45) is 5.73 Å². The molecule has 4 nitrogen and oxygen atoms in total. The Bertz CT molecular complexity index is 438. The van der Waals surface area contributed by atoms with E-state index in [1.807, 2.05) is 12.3 Å². The zero-order valence-corrected chi connectivity index (χ0v) is 8.48. The Balaban J connectivity index is 2.27. The minimum Gasteiger partial charge on any atom is -0.388 e. The molecule has 0 radical (unpaired) electrons. The number of aliphatic hydroxyl groups excluding tert-OH is 1. The van der Waals surface area contributed by atoms with E-state index in [1.54, 1.807) is 12.4 Å². The third-order valence-electron chi connectivity index (χ3n) is 2.56. The summed E-state index contributed by atoms with van der Waals surface area (Å²) in [5.74, 6) is 0. The third-order valence-corrected chi connectivity index (χ3v) is 2.56. The van der Waals surface area contributed by atoms with Crippen molar-refractivity contribution in [3.8, 4) is 0 Å². The van der Waals surface area contributed by atoms with E-state index in [-0.39, 0.29) is 0 Å². The summed E-state index contributed by atoms with van der Waals surface area (Å²) in [6.07, 6.45) is 6.42. The summed E-state index contributed by atoms with van der Waals surface area (Å²) >= 11 is 0. The van der Waals surface area contributed by atoms with Crippen LogP contribution < -0.4 is 5.73 Å². The van der Waals surface area contributed by atoms with Crippen molar-refractivity contribution < 1.29 is 5.11 Å². The molecule has 0 spiro atoms. The van der Waals surface area contributed by atoms with E-state index in [2.05, 4.69) is 9.97 Å². The molecule has 0 fully saturated rings. The van der Waals surface area contributed by atoms with Gasteiger partial charge in [0.1, 0.15) is 0 Å². The number of nitrogens with zero attached hydrogens (tertiary/aromatic N) is 1. The standard InChI is InChI=1S/C11H15N3O/c12-4-1-2-11(15)9-6-14-10-7-13-5-3-8(9)10/h3,5-7,11,14-15H,1-2,4,12H2. The lowest BCUT2D eigenvalue weighted by Crippen LogP contribution is -2.03. The Labute approximate surface area is 88.1 Å². The molecule has 0 saturated heterocycles. The van der Waals surface area contributed by atoms with Crippen LogP contribution in [0.3, 0.4) is 0 Å². The Morgan fingerprint density at radius 3 is 3.20 bits per heavy atom. The second-order valence-corrected chi connectivity index (χ2v) is 3.61. The lowest BCUT2D eigenvalue weighted by atomic mass is 10.1. The highest BCUT2D eigenvalue weighted by atomic mass is 16.3. The summed E-state index contributed by atoms with van der Waals surface area (Å²) in [4.78, 5) is 7.11. The Morgan fingerprint density at radius 2 is 2.40 bits per heavy atom. The van der Waals surface area contributed by atoms with Crippen molar-refractivity contribution in [2.75, 3.05) is 6.54 Å². The molecule has 2 aromatic heterocycles. The van der Waals surface area contributed by atoms with Crippen molar-refractivity contribution in [1.82, 2.24) is 9.97 Å². The molecule has 0 bridgehead atoms. The molecule has 15 heavy (non-hydrogen) atoms. The molecule has 2 aromatic rings. The van der Waals surface area contributed by atoms with E-state index in [0.717, 1.165) is 22.9 Å². The fourth-order valence-corrected chi connectivity index (χ4v) is 1.74. The minimum absolute atomic E-state index is 0.440. The normalized spacial score (nSPS) is 13.2. The van der Waals surface area contributed by atoms with Gasteiger partial charge in [-0.3, -0.25) is 4.98 Å². The quantitative estimate of drug-likeness (QED) is 0.705. The molecule has 0 aliphatic heterocycles. The van der Waals surface area contributed by atoms with Crippen LogP contribution in [0.5, 0.6) is 0 Å². The van der Waals surface area contributed by atoms with Crippen LogP contribution in [0.4, 0.5) is 0 Å². The summed E-state index contributed by atoms with van der Waals surface area (Å²) < 4.78 is 0. The smallest absolute Gasteiger partial charge is 0.0811 e. The van der Waals surface area contributed by atoms with Gasteiger partial charge in [0.15, 0.2) is 0 Å². The number of pyridine rings is 1. The van der Waals surface area contributed by atoms with Gasteiger partial charge in [-0.25, -0.2) is 0 Å². The third kappa shape index (κ3) is 2.00. The molecule has 1 atom stereocenters. The van der Waals surface area contributed by atoms with Crippen LogP contribution in [0.15, 0.2) is 24.7 Å². The van der Waals surface area contributed by atoms with Crippen LogP contribution >= 0.6 is 0 Å². The fraction of sp³-hybridized carbons (Fsp3) is 0.364. The molecule has 2 heterocycles. The SMILES string of the molecule is NCCCC(O)c1c[nH]c2cnccc12. The van der Waals surface area contributed by atoms with Crippen LogP contribution in [0.25, 0.3) is 10.9 Å². The van der Waals surface area contributed by atoms with Crippen LogP contribution in [-0.4, -0.2) is 21.6 Å². The molecule has 1 unspecified atom stereocenters. The molecular formula is C11H15N3O. The van der Waals surface area contributed by atoms with Gasteiger partial charge >= 0.3 is 0 Å². The molecule has 0 aromatic carbocycles. The lowest BCUT2D eigenvalue weighted by Gasteiger charge is -2.08. The number of nitrogens with two attached hydrogens (primary N) is 1. The van der Waals surface area contributed by atoms with E-state index >= 15 is 0 Å². The number of fused-ring (bicyclic) bond motifs is 1. The molecule has 4 heteroatoms. The maximum atomic E-state index is 9.94. The number of nitrogens with one attached hydrogen (secondary N) is 1. The number of rotatable bonds is 4. The van der Waals surface area contributed by atoms with Crippen molar-refractivity contribution in [1.29, 1.82) is 0 Å². The summed E-state index contributed by atoms with van der Waals surface area (Å²) in [5.41, 5.74) is 7.30. The fourth-order valence-electron chi connectivity index (χ4n) is 1.74. The van der Waals surface area contributed by atoms with E-state index in [1.165, 1.54) is 0 Å². The van der Waals surface area contributed by atoms with Crippen molar-refractivity contribution in [3.63, 3.8) is 0 Å². The van der Waals surface area contributed by atoms with E-state index in [0.29, 0.717) is 13.0 Å². The van der Waals surface area contributed by atoms with Gasteiger partial charge in [0, 0.05) is 23.3 Å². The highest BCUT2D eigenvalue weighted by Gasteiger charge is 2.11. The summed E-state index contributed by atoms with van der Waals surface area (Å²) in [6, 6.07) is 1.91. The second kappa shape index (κ2) is 4.42. The first kappa shape index (κ1) is 10.1. The molecule has 0 aliphatic rings. The van der Waals surface area contributed by atoms with Crippen molar-refractivity contribution in [2.45, 2.75) is 18.9 Å². The van der Waals surface area contributed by atoms with Crippen LogP contribution in [0.1, 0.15) is 24.5 Å². The van der Waals surface area contributed by atoms with E-state index in [4.69, 9.17) is 5.73 Å². The first-order valence-electron chi connectivity index (χ1n) is 5.12. The van der Waals surface area contributed by atoms with Crippen LogP contribution in [0.2, 0.25) is 0 Å². The number of aromatic amines is 1. The number of hydrogen-bond donors (Lipinski definition) is 3. The molecular weight excluding hydrogens is 190 g/mol. The zero-order valence-electron chi connectivity index (χ0n) is 8.48. The van der Waals surface area contributed by atoms with Crippen molar-refractivity contribution >= 4 is 10.9 Å². The molecule has 0 amide bonds. The highest BCUT2D eigenvalue weighted by molar-refractivity contribution is 5.82. The van der Waals surface area contributed by atoms with Gasteiger partial charge in [-0.15, -0.1) is 0 Å². The maximum absolute atomic E-state index is 9.94. The average molecular weight is 205 g/mol. The van der Waals surface area contributed by atoms with Gasteiger partial charge in [-0.1, -0.05) is 0 Å². The summed E-state index contributed by atoms with van der Waals surface area (Å²) in [7, 11) is 0. The number of aromatic nitrogens is 2. The van der Waals surface area contributed by atoms with Crippen molar-refractivity contribution in [3.05, 3.63) is 30.2 Å². The van der Waals surface area contributed by atoms with Gasteiger partial charge in [0.2, 0.25) is 0 Å². The number of H-pyrrole nitrogens is 1. The maximum Gasteiger partial charge on any atom is 0.0811 e. The largest absolute Gasteiger partial charge is 0.388 e. The minimum atomic E-state index is -0.440. The predicted octanol–water partition coefficient (Wildman–Crippen LogP) is 1.34. The lowest BCUT2D eigenvalue weighted by molar-refractivity contribution is 0.167. The van der Waals surface area contributed by atoms with Crippen LogP contribution in [-0.2, 0) is 0 Å². The Hall–Kier alpha value is -1.39. The van der Waals surface area contributed by atoms with E-state index in [9.17, 15) is 5.11 Å². The van der Waals surface area contributed by atoms with Gasteiger partial charge in [0.25, 0.3) is 0 Å². The van der Waals surface area contributed by atoms with Gasteiger partial charge in [0.05, 0.1) is 17.8 Å². The molecule has 80 valence electrons. The summed E-state index contributed by atoms with van der Waals surface area (Å²) in [6.45, 7) is 0.612. The molecule has 0 saturated carbocycles. The topological polar surface area (TPSA) is 74.9 Å². The monoisotopic (exact) mass is 205 g/mol. The Kier molecular flexibility index (Phi) is 2.99. The second-order valence-electron chi connectivity index (χ2n) is 3.61. The Morgan fingerprint density at radius 1 is 1.53 bits per heavy atom.